The second kappa shape index (κ2) is 18.0. The van der Waals surface area contributed by atoms with Crippen molar-refractivity contribution in [2.75, 3.05) is 58.5 Å². The number of aliphatic imine (C=N–C) groups is 1. The van der Waals surface area contributed by atoms with Crippen molar-refractivity contribution in [3.63, 3.8) is 0 Å². The molecule has 0 aromatic heterocycles. The Morgan fingerprint density at radius 2 is 1.43 bits per heavy atom. The first-order valence-electron chi connectivity index (χ1n) is 15.9. The molecule has 0 radical (unpaired) electrons. The highest BCUT2D eigenvalue weighted by atomic mass is 32.2. The van der Waals surface area contributed by atoms with Gasteiger partial charge in [-0.3, -0.25) is 10.1 Å². The fourth-order valence-corrected chi connectivity index (χ4v) is 5.31. The summed E-state index contributed by atoms with van der Waals surface area (Å²) in [6.45, 7) is 8.59. The zero-order valence-electron chi connectivity index (χ0n) is 30.4. The van der Waals surface area contributed by atoms with Gasteiger partial charge in [0, 0.05) is 37.1 Å². The van der Waals surface area contributed by atoms with Crippen LogP contribution in [0.15, 0.2) is 46.3 Å². The summed E-state index contributed by atoms with van der Waals surface area (Å²) >= 11 is 0. The topological polar surface area (TPSA) is 220 Å². The number of hydrogen-bond acceptors (Lipinski definition) is 13. The summed E-state index contributed by atoms with van der Waals surface area (Å²) in [5.74, 6) is -1.27. The first kappa shape index (κ1) is 42.5. The molecule has 2 amide bonds. The Hall–Kier alpha value is -4.68. The molecular weight excluding hydrogens is 690 g/mol. The number of amides is 2. The third kappa shape index (κ3) is 14.2. The number of aliphatic hydroxyl groups excluding tert-OH is 1. The van der Waals surface area contributed by atoms with Crippen molar-refractivity contribution < 1.29 is 56.4 Å². The molecule has 1 atom stereocenters. The van der Waals surface area contributed by atoms with Crippen molar-refractivity contribution in [2.24, 2.45) is 10.4 Å². The molecule has 18 heteroatoms. The molecule has 0 heterocycles. The summed E-state index contributed by atoms with van der Waals surface area (Å²) in [6.07, 6.45) is -3.12. The van der Waals surface area contributed by atoms with Crippen molar-refractivity contribution in [1.29, 1.82) is 0 Å². The number of hydrogen-bond donors (Lipinski definition) is 4. The summed E-state index contributed by atoms with van der Waals surface area (Å²) in [6, 6.07) is 10.3. The minimum atomic E-state index is -3.98. The van der Waals surface area contributed by atoms with E-state index in [1.54, 1.807) is 59.7 Å². The molecule has 284 valence electrons. The number of sulfonamides is 1. The number of nitrogens with one attached hydrogen (secondary N) is 3. The number of esters is 1. The smallest absolute Gasteiger partial charge is 0.463 e. The average Bonchev–Trinajstić information content (AvgIpc) is 3.01. The SMILES string of the molecule is CN(C)c1cccc2c(S(=O)(=O)NCCOC(=O)OCC(C)(CO)C(=O)OCCN/C(=N/C(=O)OC(C)(C)C)NC(=O)OC(C)(C)C)cccc12. The van der Waals surface area contributed by atoms with E-state index in [9.17, 15) is 32.7 Å². The molecule has 0 saturated heterocycles. The second-order valence-electron chi connectivity index (χ2n) is 13.7. The highest BCUT2D eigenvalue weighted by Gasteiger charge is 2.36. The van der Waals surface area contributed by atoms with Gasteiger partial charge in [-0.1, -0.05) is 24.3 Å². The minimum Gasteiger partial charge on any atom is -0.463 e. The maximum atomic E-state index is 13.1. The van der Waals surface area contributed by atoms with E-state index < -0.39 is 64.2 Å². The van der Waals surface area contributed by atoms with Gasteiger partial charge < -0.3 is 39.0 Å². The molecule has 0 spiro atoms. The van der Waals surface area contributed by atoms with Crippen LogP contribution in [0.5, 0.6) is 0 Å². The maximum absolute atomic E-state index is 13.1. The van der Waals surface area contributed by atoms with Crippen LogP contribution >= 0.6 is 0 Å². The molecule has 0 aliphatic heterocycles. The minimum absolute atomic E-state index is 0.0598. The van der Waals surface area contributed by atoms with Gasteiger partial charge in [-0.25, -0.2) is 27.5 Å². The van der Waals surface area contributed by atoms with Crippen molar-refractivity contribution in [3.05, 3.63) is 36.4 Å². The number of aliphatic hydroxyl groups is 1. The summed E-state index contributed by atoms with van der Waals surface area (Å²) in [4.78, 5) is 55.0. The van der Waals surface area contributed by atoms with E-state index in [-0.39, 0.29) is 37.2 Å². The summed E-state index contributed by atoms with van der Waals surface area (Å²) in [7, 11) is -0.270. The van der Waals surface area contributed by atoms with Gasteiger partial charge in [-0.2, -0.15) is 0 Å². The number of carbonyl (C=O) groups is 4. The quantitative estimate of drug-likeness (QED) is 0.0762. The van der Waals surface area contributed by atoms with Gasteiger partial charge in [-0.05, 0) is 60.6 Å². The van der Waals surface area contributed by atoms with Crippen LogP contribution in [0.4, 0.5) is 20.1 Å². The molecule has 51 heavy (non-hydrogen) atoms. The molecule has 17 nitrogen and oxygen atoms in total. The number of carbonyl (C=O) groups excluding carboxylic acids is 4. The van der Waals surface area contributed by atoms with Crippen LogP contribution in [-0.4, -0.2) is 109 Å². The van der Waals surface area contributed by atoms with Crippen molar-refractivity contribution >= 4 is 56.8 Å². The van der Waals surface area contributed by atoms with Gasteiger partial charge >= 0.3 is 24.3 Å². The average molecular weight is 740 g/mol. The molecule has 1 unspecified atom stereocenters. The number of anilines is 1. The Labute approximate surface area is 298 Å². The number of fused-ring (bicyclic) bond motifs is 1. The molecule has 0 bridgehead atoms. The molecule has 2 aromatic rings. The number of guanidine groups is 1. The number of nitrogens with zero attached hydrogens (tertiary/aromatic N) is 2. The van der Waals surface area contributed by atoms with E-state index in [2.05, 4.69) is 20.3 Å². The van der Waals surface area contributed by atoms with Crippen molar-refractivity contribution in [1.82, 2.24) is 15.4 Å². The summed E-state index contributed by atoms with van der Waals surface area (Å²) in [5, 5.41) is 16.1. The fraction of sp³-hybridized carbons (Fsp3) is 0.545. The Morgan fingerprint density at radius 1 is 0.824 bits per heavy atom. The third-order valence-corrected chi connectivity index (χ3v) is 7.96. The lowest BCUT2D eigenvalue weighted by atomic mass is 9.93. The molecule has 2 aromatic carbocycles. The first-order chi connectivity index (χ1) is 23.6. The normalized spacial score (nSPS) is 13.4. The van der Waals surface area contributed by atoms with E-state index in [1.165, 1.54) is 13.0 Å². The standard InChI is InChI=1S/C33H49N5O12S/c1-31(2,3)49-28(41)36-27(37-29(42)50-32(4,5)6)34-16-18-46-26(40)33(7,20-39)21-48-30(43)47-19-17-35-51(44,45)25-15-11-12-22-23(25)13-10-14-24(22)38(8)9/h10-15,35,39H,16-21H2,1-9H3,(H2,34,36,37,41,42). The maximum Gasteiger partial charge on any atom is 0.508 e. The van der Waals surface area contributed by atoms with E-state index in [4.69, 9.17) is 23.7 Å². The highest BCUT2D eigenvalue weighted by Crippen LogP contribution is 2.30. The van der Waals surface area contributed by atoms with E-state index in [1.807, 2.05) is 31.1 Å². The third-order valence-electron chi connectivity index (χ3n) is 6.44. The van der Waals surface area contributed by atoms with Crippen LogP contribution in [-0.2, 0) is 38.5 Å². The van der Waals surface area contributed by atoms with Crippen molar-refractivity contribution in [3.8, 4) is 0 Å². The largest absolute Gasteiger partial charge is 0.508 e. The summed E-state index contributed by atoms with van der Waals surface area (Å²) < 4.78 is 53.9. The summed E-state index contributed by atoms with van der Waals surface area (Å²) in [5.41, 5.74) is -2.55. The highest BCUT2D eigenvalue weighted by molar-refractivity contribution is 7.89. The molecule has 0 aliphatic carbocycles. The van der Waals surface area contributed by atoms with Gasteiger partial charge in [0.1, 0.15) is 36.4 Å². The number of ether oxygens (including phenoxy) is 5. The van der Waals surface area contributed by atoms with Crippen LogP contribution in [0.1, 0.15) is 48.5 Å². The molecule has 0 fully saturated rings. The Morgan fingerprint density at radius 3 is 2.04 bits per heavy atom. The van der Waals surface area contributed by atoms with Crippen LogP contribution in [0.2, 0.25) is 0 Å². The fourth-order valence-electron chi connectivity index (χ4n) is 4.08. The van der Waals surface area contributed by atoms with Gasteiger partial charge in [0.2, 0.25) is 16.0 Å². The molecule has 2 rings (SSSR count). The zero-order chi connectivity index (χ0) is 38.6. The van der Waals surface area contributed by atoms with E-state index in [0.717, 1.165) is 11.1 Å². The van der Waals surface area contributed by atoms with Gasteiger partial charge in [0.15, 0.2) is 0 Å². The number of rotatable bonds is 13. The molecule has 4 N–H and O–H groups in total. The lowest BCUT2D eigenvalue weighted by molar-refractivity contribution is -0.160. The van der Waals surface area contributed by atoms with Crippen LogP contribution in [0, 0.1) is 5.41 Å². The molecular formula is C33H49N5O12S. The zero-order valence-corrected chi connectivity index (χ0v) is 31.3. The number of alkyl carbamates (subject to hydrolysis) is 1. The first-order valence-corrected chi connectivity index (χ1v) is 17.4. The van der Waals surface area contributed by atoms with Crippen molar-refractivity contribution in [2.45, 2.75) is 64.6 Å². The van der Waals surface area contributed by atoms with Gasteiger partial charge in [0.05, 0.1) is 18.0 Å². The predicted molar refractivity (Wildman–Crippen MR) is 188 cm³/mol. The Balaban J connectivity index is 1.88. The van der Waals surface area contributed by atoms with Gasteiger partial charge in [-0.15, -0.1) is 4.99 Å². The van der Waals surface area contributed by atoms with E-state index >= 15 is 0 Å². The molecule has 0 saturated carbocycles. The van der Waals surface area contributed by atoms with Gasteiger partial charge in [0.25, 0.3) is 0 Å². The lowest BCUT2D eigenvalue weighted by Crippen LogP contribution is -2.45. The Bertz CT molecular complexity index is 1680. The number of benzene rings is 2. The second-order valence-corrected chi connectivity index (χ2v) is 15.4. The monoisotopic (exact) mass is 739 g/mol. The predicted octanol–water partition coefficient (Wildman–Crippen LogP) is 3.28. The van der Waals surface area contributed by atoms with Crippen LogP contribution in [0.25, 0.3) is 10.8 Å². The molecule has 0 aliphatic rings. The van der Waals surface area contributed by atoms with E-state index in [0.29, 0.717) is 5.39 Å². The van der Waals surface area contributed by atoms with Crippen LogP contribution < -0.4 is 20.3 Å². The lowest BCUT2D eigenvalue weighted by Gasteiger charge is -2.24. The Kier molecular flexibility index (Phi) is 15.0. The van der Waals surface area contributed by atoms with Crippen LogP contribution in [0.3, 0.4) is 0 Å².